The number of carbonyl (C=O) groups is 1. The van der Waals surface area contributed by atoms with Gasteiger partial charge in [-0.15, -0.1) is 0 Å². The van der Waals surface area contributed by atoms with Crippen LogP contribution >= 0.6 is 11.6 Å². The zero-order valence-electron chi connectivity index (χ0n) is 23.2. The third kappa shape index (κ3) is 5.55. The molecule has 1 N–H and O–H groups in total. The number of carbonyl (C=O) groups excluding carboxylic acids is 1. The summed E-state index contributed by atoms with van der Waals surface area (Å²) in [6.07, 6.45) is 3.78. The van der Waals surface area contributed by atoms with Crippen molar-refractivity contribution >= 4 is 23.1 Å². The van der Waals surface area contributed by atoms with Crippen LogP contribution in [0.15, 0.2) is 66.2 Å². The van der Waals surface area contributed by atoms with Crippen LogP contribution < -0.4 is 10.1 Å². The Bertz CT molecular complexity index is 1450. The van der Waals surface area contributed by atoms with Crippen LogP contribution in [0.3, 0.4) is 0 Å². The standard InChI is InChI=1S/C34H36ClFN2O2/c1-21-4-3-5-25(22(21)2)20-38(28-11-12-28)34(39)33-29(16-26-18-37-19-30(26)33)24-8-6-23(7-9-24)14-15-40-32-17-27(36)10-13-31(32)35/h3-10,13,17,26,28,30,37H,11-12,14-16,18-20H2,1-2H3/t26-,30+/m0/s1. The quantitative estimate of drug-likeness (QED) is 0.310. The summed E-state index contributed by atoms with van der Waals surface area (Å²) < 4.78 is 19.3. The Labute approximate surface area is 241 Å². The Morgan fingerprint density at radius 2 is 1.88 bits per heavy atom. The topological polar surface area (TPSA) is 41.6 Å². The van der Waals surface area contributed by atoms with Gasteiger partial charge in [-0.1, -0.05) is 54.1 Å². The van der Waals surface area contributed by atoms with Crippen LogP contribution in [0, 0.1) is 31.5 Å². The average molecular weight is 559 g/mol. The minimum atomic E-state index is -0.367. The van der Waals surface area contributed by atoms with Gasteiger partial charge in [-0.25, -0.2) is 4.39 Å². The number of nitrogens with one attached hydrogen (secondary N) is 1. The number of rotatable bonds is 9. The van der Waals surface area contributed by atoms with Gasteiger partial charge in [0.15, 0.2) is 0 Å². The number of ether oxygens (including phenoxy) is 1. The van der Waals surface area contributed by atoms with Crippen molar-refractivity contribution in [1.29, 1.82) is 0 Å². The number of halogens is 2. The van der Waals surface area contributed by atoms with Crippen molar-refractivity contribution in [1.82, 2.24) is 10.2 Å². The lowest BCUT2D eigenvalue weighted by atomic mass is 9.93. The molecule has 1 amide bonds. The van der Waals surface area contributed by atoms with Crippen molar-refractivity contribution in [3.05, 3.63) is 105 Å². The molecule has 0 unspecified atom stereocenters. The fraction of sp³-hybridized carbons (Fsp3) is 0.382. The summed E-state index contributed by atoms with van der Waals surface area (Å²) in [6, 6.07) is 19.4. The maximum absolute atomic E-state index is 14.3. The Morgan fingerprint density at radius 1 is 1.07 bits per heavy atom. The molecule has 1 heterocycles. The summed E-state index contributed by atoms with van der Waals surface area (Å²) in [5, 5.41) is 3.94. The first kappa shape index (κ1) is 27.0. The predicted octanol–water partition coefficient (Wildman–Crippen LogP) is 6.90. The molecule has 3 aromatic carbocycles. The second-order valence-corrected chi connectivity index (χ2v) is 11.9. The number of amides is 1. The fourth-order valence-electron chi connectivity index (χ4n) is 6.26. The Hall–Kier alpha value is -3.15. The molecule has 2 aliphatic carbocycles. The van der Waals surface area contributed by atoms with Gasteiger partial charge in [0, 0.05) is 43.1 Å². The molecule has 40 heavy (non-hydrogen) atoms. The van der Waals surface area contributed by atoms with E-state index in [9.17, 15) is 9.18 Å². The first-order valence-corrected chi connectivity index (χ1v) is 14.7. The molecule has 1 saturated carbocycles. The average Bonchev–Trinajstić information content (AvgIpc) is 3.58. The van der Waals surface area contributed by atoms with Crippen molar-refractivity contribution in [2.75, 3.05) is 19.7 Å². The minimum Gasteiger partial charge on any atom is -0.492 e. The molecule has 3 aromatic rings. The zero-order chi connectivity index (χ0) is 27.8. The second-order valence-electron chi connectivity index (χ2n) is 11.5. The molecule has 2 atom stereocenters. The van der Waals surface area contributed by atoms with E-state index in [0.717, 1.165) is 49.1 Å². The monoisotopic (exact) mass is 558 g/mol. The van der Waals surface area contributed by atoms with Crippen LogP contribution in [-0.2, 0) is 17.8 Å². The maximum atomic E-state index is 14.3. The maximum Gasteiger partial charge on any atom is 0.250 e. The lowest BCUT2D eigenvalue weighted by Gasteiger charge is -2.27. The van der Waals surface area contributed by atoms with E-state index < -0.39 is 0 Å². The lowest BCUT2D eigenvalue weighted by Crippen LogP contribution is -2.36. The highest BCUT2D eigenvalue weighted by molar-refractivity contribution is 6.32. The van der Waals surface area contributed by atoms with Crippen molar-refractivity contribution < 1.29 is 13.9 Å². The molecular weight excluding hydrogens is 523 g/mol. The van der Waals surface area contributed by atoms with Crippen molar-refractivity contribution in [2.45, 2.75) is 52.1 Å². The molecule has 6 rings (SSSR count). The molecule has 1 aliphatic heterocycles. The van der Waals surface area contributed by atoms with E-state index in [0.29, 0.717) is 42.3 Å². The largest absolute Gasteiger partial charge is 0.492 e. The SMILES string of the molecule is Cc1cccc(CN(C(=O)C2=C(c3ccc(CCOc4cc(F)ccc4Cl)cc3)C[C@H]3CNC[C@@H]23)C2CC2)c1C. The first-order valence-electron chi connectivity index (χ1n) is 14.4. The minimum absolute atomic E-state index is 0.221. The van der Waals surface area contributed by atoms with Gasteiger partial charge in [-0.2, -0.15) is 0 Å². The van der Waals surface area contributed by atoms with Gasteiger partial charge in [0.25, 0.3) is 5.91 Å². The van der Waals surface area contributed by atoms with E-state index in [4.69, 9.17) is 16.3 Å². The molecule has 208 valence electrons. The summed E-state index contributed by atoms with van der Waals surface area (Å²) in [6.45, 7) is 7.21. The lowest BCUT2D eigenvalue weighted by molar-refractivity contribution is -0.128. The number of fused-ring (bicyclic) bond motifs is 1. The Kier molecular flexibility index (Phi) is 7.69. The van der Waals surface area contributed by atoms with Gasteiger partial charge in [0.05, 0.1) is 11.6 Å². The first-order chi connectivity index (χ1) is 19.4. The van der Waals surface area contributed by atoms with Gasteiger partial charge >= 0.3 is 0 Å². The van der Waals surface area contributed by atoms with Crippen molar-refractivity contribution in [2.24, 2.45) is 11.8 Å². The van der Waals surface area contributed by atoms with Gasteiger partial charge in [0.1, 0.15) is 11.6 Å². The van der Waals surface area contributed by atoms with Gasteiger partial charge in [-0.05, 0) is 91.1 Å². The van der Waals surface area contributed by atoms with E-state index in [2.05, 4.69) is 66.5 Å². The normalized spacial score (nSPS) is 20.1. The van der Waals surface area contributed by atoms with Crippen LogP contribution in [0.1, 0.15) is 47.1 Å². The number of allylic oxidation sites excluding steroid dienone is 1. The van der Waals surface area contributed by atoms with E-state index in [1.807, 2.05) is 0 Å². The zero-order valence-corrected chi connectivity index (χ0v) is 23.9. The van der Waals surface area contributed by atoms with Crippen LogP contribution in [-0.4, -0.2) is 36.5 Å². The van der Waals surface area contributed by atoms with Gasteiger partial charge in [0.2, 0.25) is 0 Å². The van der Waals surface area contributed by atoms with Crippen LogP contribution in [0.25, 0.3) is 5.57 Å². The second kappa shape index (κ2) is 11.4. The van der Waals surface area contributed by atoms with Crippen molar-refractivity contribution in [3.8, 4) is 5.75 Å². The number of benzene rings is 3. The summed E-state index contributed by atoms with van der Waals surface area (Å²) in [4.78, 5) is 16.5. The van der Waals surface area contributed by atoms with E-state index in [1.54, 1.807) is 0 Å². The molecule has 2 fully saturated rings. The predicted molar refractivity (Wildman–Crippen MR) is 158 cm³/mol. The van der Waals surface area contributed by atoms with E-state index >= 15 is 0 Å². The number of hydrogen-bond donors (Lipinski definition) is 1. The molecular formula is C34H36ClFN2O2. The highest BCUT2D eigenvalue weighted by atomic mass is 35.5. The molecule has 0 spiro atoms. The molecule has 0 aromatic heterocycles. The Morgan fingerprint density at radius 3 is 2.65 bits per heavy atom. The molecule has 0 bridgehead atoms. The fourth-order valence-corrected chi connectivity index (χ4v) is 6.43. The number of aryl methyl sites for hydroxylation is 1. The molecule has 1 saturated heterocycles. The summed E-state index contributed by atoms with van der Waals surface area (Å²) in [7, 11) is 0. The molecule has 0 radical (unpaired) electrons. The molecule has 3 aliphatic rings. The summed E-state index contributed by atoms with van der Waals surface area (Å²) >= 11 is 6.12. The van der Waals surface area contributed by atoms with Gasteiger partial charge in [-0.3, -0.25) is 4.79 Å². The third-order valence-electron chi connectivity index (χ3n) is 8.88. The summed E-state index contributed by atoms with van der Waals surface area (Å²) in [5.41, 5.74) is 8.28. The van der Waals surface area contributed by atoms with E-state index in [1.165, 1.54) is 40.5 Å². The highest BCUT2D eigenvalue weighted by Gasteiger charge is 2.44. The Balaban J connectivity index is 1.22. The molecule has 6 heteroatoms. The smallest absolute Gasteiger partial charge is 0.250 e. The molecule has 4 nitrogen and oxygen atoms in total. The van der Waals surface area contributed by atoms with Crippen LogP contribution in [0.2, 0.25) is 5.02 Å². The highest BCUT2D eigenvalue weighted by Crippen LogP contribution is 2.46. The number of nitrogens with zero attached hydrogens (tertiary/aromatic N) is 1. The third-order valence-corrected chi connectivity index (χ3v) is 9.19. The van der Waals surface area contributed by atoms with Gasteiger partial charge < -0.3 is 15.0 Å². The number of hydrogen-bond acceptors (Lipinski definition) is 3. The van der Waals surface area contributed by atoms with Crippen LogP contribution in [0.4, 0.5) is 4.39 Å². The van der Waals surface area contributed by atoms with Crippen molar-refractivity contribution in [3.63, 3.8) is 0 Å². The van der Waals surface area contributed by atoms with Crippen LogP contribution in [0.5, 0.6) is 5.75 Å². The van der Waals surface area contributed by atoms with E-state index in [-0.39, 0.29) is 17.6 Å². The summed E-state index contributed by atoms with van der Waals surface area (Å²) in [5.74, 6) is 0.956.